The van der Waals surface area contributed by atoms with E-state index in [1.54, 1.807) is 0 Å². The van der Waals surface area contributed by atoms with E-state index < -0.39 is 5.54 Å². The second-order valence-electron chi connectivity index (χ2n) is 7.84. The van der Waals surface area contributed by atoms with Crippen molar-refractivity contribution in [2.24, 2.45) is 11.1 Å². The van der Waals surface area contributed by atoms with Crippen molar-refractivity contribution < 1.29 is 9.59 Å². The number of amides is 3. The Morgan fingerprint density at radius 2 is 1.87 bits per heavy atom. The quantitative estimate of drug-likeness (QED) is 0.757. The minimum absolute atomic E-state index is 0. The van der Waals surface area contributed by atoms with Crippen LogP contribution in [0.1, 0.15) is 46.0 Å². The molecule has 23 heavy (non-hydrogen) atoms. The predicted octanol–water partition coefficient (Wildman–Crippen LogP) is 1.33. The van der Waals surface area contributed by atoms with Gasteiger partial charge in [0.1, 0.15) is 5.54 Å². The molecular formula is C16H29ClN4O2. The zero-order valence-electron chi connectivity index (χ0n) is 14.1. The molecule has 132 valence electrons. The van der Waals surface area contributed by atoms with Gasteiger partial charge in [-0.25, -0.2) is 4.79 Å². The summed E-state index contributed by atoms with van der Waals surface area (Å²) in [5, 5.41) is 2.94. The number of halogens is 1. The minimum Gasteiger partial charge on any atom is -0.327 e. The molecule has 3 amide bonds. The van der Waals surface area contributed by atoms with Gasteiger partial charge in [0.25, 0.3) is 5.91 Å². The first-order valence-corrected chi connectivity index (χ1v) is 8.46. The third-order valence-electron chi connectivity index (χ3n) is 5.73. The first kappa shape index (κ1) is 18.5. The van der Waals surface area contributed by atoms with Crippen molar-refractivity contribution in [2.75, 3.05) is 26.2 Å². The van der Waals surface area contributed by atoms with Gasteiger partial charge in [-0.15, -0.1) is 12.4 Å². The van der Waals surface area contributed by atoms with Gasteiger partial charge in [-0.2, -0.15) is 0 Å². The lowest BCUT2D eigenvalue weighted by Crippen LogP contribution is -2.54. The van der Waals surface area contributed by atoms with Crippen molar-refractivity contribution in [3.05, 3.63) is 0 Å². The summed E-state index contributed by atoms with van der Waals surface area (Å²) in [4.78, 5) is 28.5. The number of rotatable bonds is 3. The number of carbonyl (C=O) groups excluding carboxylic acids is 2. The Kier molecular flexibility index (Phi) is 5.28. The number of nitrogens with zero attached hydrogens (tertiary/aromatic N) is 2. The van der Waals surface area contributed by atoms with Crippen LogP contribution in [0.2, 0.25) is 0 Å². The lowest BCUT2D eigenvalue weighted by molar-refractivity contribution is -0.131. The summed E-state index contributed by atoms with van der Waals surface area (Å²) in [6, 6.07) is 0.0158. The number of nitrogens with two attached hydrogens (primary N) is 1. The van der Waals surface area contributed by atoms with Gasteiger partial charge in [-0.3, -0.25) is 9.69 Å². The van der Waals surface area contributed by atoms with Crippen molar-refractivity contribution in [3.63, 3.8) is 0 Å². The van der Waals surface area contributed by atoms with Crippen LogP contribution in [0.15, 0.2) is 0 Å². The molecule has 1 unspecified atom stereocenters. The zero-order chi connectivity index (χ0) is 16.0. The number of piperidine rings is 1. The average molecular weight is 345 g/mol. The Bertz CT molecular complexity index is 477. The summed E-state index contributed by atoms with van der Waals surface area (Å²) >= 11 is 0. The molecule has 3 fully saturated rings. The number of hydrogen-bond donors (Lipinski definition) is 2. The molecular weight excluding hydrogens is 316 g/mol. The third kappa shape index (κ3) is 3.35. The summed E-state index contributed by atoms with van der Waals surface area (Å²) in [6.45, 7) is 7.46. The van der Waals surface area contributed by atoms with Gasteiger partial charge in [0.15, 0.2) is 0 Å². The van der Waals surface area contributed by atoms with Crippen LogP contribution in [0, 0.1) is 5.41 Å². The van der Waals surface area contributed by atoms with Crippen LogP contribution in [0.25, 0.3) is 0 Å². The second-order valence-corrected chi connectivity index (χ2v) is 7.84. The van der Waals surface area contributed by atoms with Crippen molar-refractivity contribution in [1.82, 2.24) is 15.1 Å². The van der Waals surface area contributed by atoms with E-state index in [0.29, 0.717) is 6.54 Å². The number of hydrogen-bond acceptors (Lipinski definition) is 4. The monoisotopic (exact) mass is 344 g/mol. The van der Waals surface area contributed by atoms with Gasteiger partial charge in [0.2, 0.25) is 0 Å². The predicted molar refractivity (Wildman–Crippen MR) is 91.5 cm³/mol. The molecule has 2 heterocycles. The van der Waals surface area contributed by atoms with E-state index >= 15 is 0 Å². The molecule has 1 atom stereocenters. The van der Waals surface area contributed by atoms with E-state index in [4.69, 9.17) is 5.73 Å². The van der Waals surface area contributed by atoms with E-state index in [1.165, 1.54) is 4.90 Å². The molecule has 0 bridgehead atoms. The molecule has 0 radical (unpaired) electrons. The SMILES string of the molecule is CC1(C)CN(CCN2C(=O)NC3(CCCC3)C2=O)CCC1N.Cl. The number of urea groups is 1. The summed E-state index contributed by atoms with van der Waals surface area (Å²) in [5.41, 5.74) is 5.66. The molecule has 2 saturated heterocycles. The van der Waals surface area contributed by atoms with Gasteiger partial charge in [0, 0.05) is 25.7 Å². The molecule has 0 aromatic rings. The van der Waals surface area contributed by atoms with Crippen LogP contribution >= 0.6 is 12.4 Å². The fourth-order valence-corrected chi connectivity index (χ4v) is 4.11. The number of imide groups is 1. The normalized spacial score (nSPS) is 29.7. The van der Waals surface area contributed by atoms with Crippen LogP contribution in [0.4, 0.5) is 4.79 Å². The maximum absolute atomic E-state index is 12.6. The molecule has 3 rings (SSSR count). The van der Waals surface area contributed by atoms with E-state index in [2.05, 4.69) is 24.1 Å². The molecule has 7 heteroatoms. The summed E-state index contributed by atoms with van der Waals surface area (Å²) < 4.78 is 0. The minimum atomic E-state index is -0.583. The Morgan fingerprint density at radius 3 is 2.48 bits per heavy atom. The Morgan fingerprint density at radius 1 is 1.22 bits per heavy atom. The fourth-order valence-electron chi connectivity index (χ4n) is 4.11. The molecule has 3 aliphatic rings. The smallest absolute Gasteiger partial charge is 0.325 e. The van der Waals surface area contributed by atoms with Crippen LogP contribution in [0.5, 0.6) is 0 Å². The lowest BCUT2D eigenvalue weighted by atomic mass is 9.80. The molecule has 2 aliphatic heterocycles. The van der Waals surface area contributed by atoms with E-state index in [9.17, 15) is 9.59 Å². The van der Waals surface area contributed by atoms with Gasteiger partial charge in [0.05, 0.1) is 0 Å². The van der Waals surface area contributed by atoms with Crippen LogP contribution in [0.3, 0.4) is 0 Å². The Balaban J connectivity index is 0.00000192. The highest BCUT2D eigenvalue weighted by atomic mass is 35.5. The Hall–Kier alpha value is -0.850. The first-order chi connectivity index (χ1) is 10.3. The number of nitrogens with one attached hydrogen (secondary N) is 1. The molecule has 1 aliphatic carbocycles. The summed E-state index contributed by atoms with van der Waals surface area (Å²) in [5.74, 6) is -0.0111. The van der Waals surface area contributed by atoms with Crippen LogP contribution in [-0.4, -0.2) is 59.5 Å². The van der Waals surface area contributed by atoms with E-state index in [1.807, 2.05) is 0 Å². The number of likely N-dealkylation sites (tertiary alicyclic amines) is 1. The summed E-state index contributed by atoms with van der Waals surface area (Å²) in [6.07, 6.45) is 4.60. The highest BCUT2D eigenvalue weighted by Crippen LogP contribution is 2.35. The number of carbonyl (C=O) groups is 2. The van der Waals surface area contributed by atoms with E-state index in [0.717, 1.165) is 51.7 Å². The first-order valence-electron chi connectivity index (χ1n) is 8.46. The maximum atomic E-state index is 12.6. The van der Waals surface area contributed by atoms with Crippen molar-refractivity contribution in [1.29, 1.82) is 0 Å². The van der Waals surface area contributed by atoms with Crippen molar-refractivity contribution in [2.45, 2.75) is 57.5 Å². The van der Waals surface area contributed by atoms with Gasteiger partial charge >= 0.3 is 6.03 Å². The highest BCUT2D eigenvalue weighted by molar-refractivity contribution is 6.07. The summed E-state index contributed by atoms with van der Waals surface area (Å²) in [7, 11) is 0. The van der Waals surface area contributed by atoms with Gasteiger partial charge in [-0.05, 0) is 31.2 Å². The fraction of sp³-hybridized carbons (Fsp3) is 0.875. The van der Waals surface area contributed by atoms with Gasteiger partial charge < -0.3 is 16.0 Å². The van der Waals surface area contributed by atoms with E-state index in [-0.39, 0.29) is 35.8 Å². The molecule has 0 aromatic carbocycles. The molecule has 3 N–H and O–H groups in total. The molecule has 1 spiro atoms. The lowest BCUT2D eigenvalue weighted by Gasteiger charge is -2.42. The second kappa shape index (κ2) is 6.57. The molecule has 6 nitrogen and oxygen atoms in total. The van der Waals surface area contributed by atoms with Crippen LogP contribution in [-0.2, 0) is 4.79 Å². The average Bonchev–Trinajstić information content (AvgIpc) is 3.00. The molecule has 0 aromatic heterocycles. The van der Waals surface area contributed by atoms with Crippen LogP contribution < -0.4 is 11.1 Å². The topological polar surface area (TPSA) is 78.7 Å². The van der Waals surface area contributed by atoms with Crippen molar-refractivity contribution >= 4 is 24.3 Å². The standard InChI is InChI=1S/C16H28N4O2.ClH/c1-15(2)11-19(8-5-12(15)17)9-10-20-13(21)16(18-14(20)22)6-3-4-7-16;/h12H,3-11,17H2,1-2H3,(H,18,22);1H. The largest absolute Gasteiger partial charge is 0.327 e. The molecule has 1 saturated carbocycles. The van der Waals surface area contributed by atoms with Crippen molar-refractivity contribution in [3.8, 4) is 0 Å². The highest BCUT2D eigenvalue weighted by Gasteiger charge is 2.52. The Labute approximate surface area is 144 Å². The zero-order valence-corrected chi connectivity index (χ0v) is 15.0. The van der Waals surface area contributed by atoms with Gasteiger partial charge in [-0.1, -0.05) is 26.7 Å². The third-order valence-corrected chi connectivity index (χ3v) is 5.73. The maximum Gasteiger partial charge on any atom is 0.325 e.